The van der Waals surface area contributed by atoms with Gasteiger partial charge in [0.25, 0.3) is 0 Å². The van der Waals surface area contributed by atoms with Crippen LogP contribution in [0.2, 0.25) is 0 Å². The van der Waals surface area contributed by atoms with Gasteiger partial charge in [0.05, 0.1) is 0 Å². The Balaban J connectivity index is -0.0000000480. The van der Waals surface area contributed by atoms with E-state index in [1.54, 1.807) is 0 Å². The molecular formula is C12H30I2N2Ni. The van der Waals surface area contributed by atoms with Gasteiger partial charge in [0.1, 0.15) is 0 Å². The van der Waals surface area contributed by atoms with Crippen LogP contribution in [-0.4, -0.2) is 49.1 Å². The first kappa shape index (κ1) is 31.3. The van der Waals surface area contributed by atoms with Crippen molar-refractivity contribution in [2.24, 2.45) is 0 Å². The Morgan fingerprint density at radius 2 is 0.588 bits per heavy atom. The summed E-state index contributed by atoms with van der Waals surface area (Å²) in [5, 5.41) is 0. The van der Waals surface area contributed by atoms with Gasteiger partial charge in [-0.3, -0.25) is 0 Å². The van der Waals surface area contributed by atoms with Crippen LogP contribution in [-0.2, 0) is 16.5 Å². The van der Waals surface area contributed by atoms with E-state index >= 15 is 0 Å². The zero-order chi connectivity index (χ0) is 11.4. The van der Waals surface area contributed by atoms with Crippen molar-refractivity contribution in [3.63, 3.8) is 0 Å². The fraction of sp³-hybridized carbons (Fsp3) is 1.00. The molecule has 0 aliphatic rings. The van der Waals surface area contributed by atoms with Gasteiger partial charge in [-0.25, -0.2) is 0 Å². The Hall–Kier alpha value is 1.87. The van der Waals surface area contributed by atoms with Crippen LogP contribution in [0.3, 0.4) is 0 Å². The maximum Gasteiger partial charge on any atom is 2.00 e. The van der Waals surface area contributed by atoms with Crippen LogP contribution in [0.25, 0.3) is 0 Å². The van der Waals surface area contributed by atoms with Gasteiger partial charge in [0, 0.05) is 0 Å². The standard InChI is InChI=1S/2C6H15N.2HI.Ni/c2*1-4-7(5-2)6-3;;;/h2*4-6H2,1-3H3;2*1H;/q;;;;+2/p-2. The van der Waals surface area contributed by atoms with Crippen molar-refractivity contribution in [2.75, 3.05) is 39.3 Å². The van der Waals surface area contributed by atoms with Gasteiger partial charge in [-0.05, 0) is 39.3 Å². The first-order valence-corrected chi connectivity index (χ1v) is 6.14. The third-order valence-corrected chi connectivity index (χ3v) is 2.68. The minimum atomic E-state index is 0. The Morgan fingerprint density at radius 1 is 0.471 bits per heavy atom. The molecule has 0 saturated heterocycles. The molecule has 0 aliphatic carbocycles. The van der Waals surface area contributed by atoms with Crippen LogP contribution in [0.4, 0.5) is 0 Å². The molecule has 0 N–H and O–H groups in total. The number of hydrogen-bond donors (Lipinski definition) is 0. The van der Waals surface area contributed by atoms with Crippen molar-refractivity contribution in [1.29, 1.82) is 0 Å². The van der Waals surface area contributed by atoms with E-state index in [9.17, 15) is 0 Å². The maximum atomic E-state index is 2.38. The molecule has 0 aliphatic heterocycles. The number of nitrogens with zero attached hydrogens (tertiary/aromatic N) is 2. The molecule has 0 fully saturated rings. The summed E-state index contributed by atoms with van der Waals surface area (Å²) in [4.78, 5) is 4.75. The first-order valence-electron chi connectivity index (χ1n) is 6.14. The van der Waals surface area contributed by atoms with E-state index in [0.717, 1.165) is 0 Å². The summed E-state index contributed by atoms with van der Waals surface area (Å²) in [5.74, 6) is 0. The molecule has 5 heteroatoms. The van der Waals surface area contributed by atoms with Crippen molar-refractivity contribution in [3.8, 4) is 0 Å². The van der Waals surface area contributed by atoms with Crippen molar-refractivity contribution in [3.05, 3.63) is 0 Å². The predicted molar refractivity (Wildman–Crippen MR) is 66.9 cm³/mol. The summed E-state index contributed by atoms with van der Waals surface area (Å²) in [6.07, 6.45) is 0. The van der Waals surface area contributed by atoms with Crippen LogP contribution in [0.1, 0.15) is 41.5 Å². The van der Waals surface area contributed by atoms with Crippen molar-refractivity contribution < 1.29 is 64.4 Å². The molecule has 0 amide bonds. The second-order valence-electron chi connectivity index (χ2n) is 3.24. The largest absolute Gasteiger partial charge is 2.00 e. The van der Waals surface area contributed by atoms with Gasteiger partial charge >= 0.3 is 16.5 Å². The Kier molecular flexibility index (Phi) is 48.7. The van der Waals surface area contributed by atoms with Crippen LogP contribution in [0.15, 0.2) is 0 Å². The summed E-state index contributed by atoms with van der Waals surface area (Å²) < 4.78 is 0. The molecule has 0 unspecified atom stereocenters. The van der Waals surface area contributed by atoms with E-state index in [2.05, 4.69) is 51.3 Å². The van der Waals surface area contributed by atoms with Crippen LogP contribution >= 0.6 is 0 Å². The summed E-state index contributed by atoms with van der Waals surface area (Å²) in [6, 6.07) is 0. The molecule has 0 aromatic rings. The Bertz CT molecular complexity index is 77.5. The van der Waals surface area contributed by atoms with E-state index in [4.69, 9.17) is 0 Å². The van der Waals surface area contributed by atoms with Gasteiger partial charge < -0.3 is 57.8 Å². The molecular weight excluding hydrogens is 485 g/mol. The second kappa shape index (κ2) is 26.4. The SMILES string of the molecule is CCN(CC)CC.CCN(CC)CC.[I-].[I-].[Ni+2]. The summed E-state index contributed by atoms with van der Waals surface area (Å²) >= 11 is 0. The Labute approximate surface area is 154 Å². The minimum absolute atomic E-state index is 0. The molecule has 0 aromatic carbocycles. The topological polar surface area (TPSA) is 6.48 Å². The van der Waals surface area contributed by atoms with Gasteiger partial charge in [-0.2, -0.15) is 0 Å². The Morgan fingerprint density at radius 3 is 0.588 bits per heavy atom. The fourth-order valence-corrected chi connectivity index (χ4v) is 1.34. The predicted octanol–water partition coefficient (Wildman–Crippen LogP) is -3.30. The average Bonchev–Trinajstić information content (AvgIpc) is 2.24. The van der Waals surface area contributed by atoms with Gasteiger partial charge in [-0.1, -0.05) is 41.5 Å². The maximum absolute atomic E-state index is 2.38. The molecule has 0 atom stereocenters. The van der Waals surface area contributed by atoms with E-state index in [1.165, 1.54) is 39.3 Å². The number of halogens is 2. The summed E-state index contributed by atoms with van der Waals surface area (Å²) in [5.41, 5.74) is 0. The van der Waals surface area contributed by atoms with Crippen LogP contribution in [0, 0.1) is 0 Å². The van der Waals surface area contributed by atoms with Crippen LogP contribution in [0.5, 0.6) is 0 Å². The van der Waals surface area contributed by atoms with Gasteiger partial charge in [0.15, 0.2) is 0 Å². The third kappa shape index (κ3) is 23.4. The zero-order valence-electron chi connectivity index (χ0n) is 12.2. The van der Waals surface area contributed by atoms with Crippen molar-refractivity contribution >= 4 is 0 Å². The molecule has 0 spiro atoms. The third-order valence-electron chi connectivity index (χ3n) is 2.68. The molecule has 0 saturated carbocycles. The van der Waals surface area contributed by atoms with Crippen molar-refractivity contribution in [2.45, 2.75) is 41.5 Å². The second-order valence-corrected chi connectivity index (χ2v) is 3.24. The molecule has 0 heterocycles. The first-order chi connectivity index (χ1) is 6.69. The summed E-state index contributed by atoms with van der Waals surface area (Å²) in [7, 11) is 0. The quantitative estimate of drug-likeness (QED) is 0.271. The number of hydrogen-bond acceptors (Lipinski definition) is 2. The summed E-state index contributed by atoms with van der Waals surface area (Å²) in [6.45, 7) is 20.2. The molecule has 0 radical (unpaired) electrons. The minimum Gasteiger partial charge on any atom is -1.00 e. The zero-order valence-corrected chi connectivity index (χ0v) is 17.5. The molecule has 2 nitrogen and oxygen atoms in total. The monoisotopic (exact) mass is 514 g/mol. The molecule has 112 valence electrons. The smallest absolute Gasteiger partial charge is 1.00 e. The fourth-order valence-electron chi connectivity index (χ4n) is 1.34. The van der Waals surface area contributed by atoms with Crippen LogP contribution < -0.4 is 48.0 Å². The van der Waals surface area contributed by atoms with E-state index in [0.29, 0.717) is 0 Å². The van der Waals surface area contributed by atoms with E-state index < -0.39 is 0 Å². The number of rotatable bonds is 6. The molecule has 17 heavy (non-hydrogen) atoms. The molecule has 0 rings (SSSR count). The van der Waals surface area contributed by atoms with E-state index in [-0.39, 0.29) is 64.4 Å². The van der Waals surface area contributed by atoms with Crippen molar-refractivity contribution in [1.82, 2.24) is 9.80 Å². The van der Waals surface area contributed by atoms with E-state index in [1.807, 2.05) is 0 Å². The molecule has 0 aromatic heterocycles. The van der Waals surface area contributed by atoms with Gasteiger partial charge in [-0.15, -0.1) is 0 Å². The normalized spacial score (nSPS) is 8.47. The van der Waals surface area contributed by atoms with Gasteiger partial charge in [0.2, 0.25) is 0 Å². The molecule has 0 bridgehead atoms. The average molecular weight is 515 g/mol.